The summed E-state index contributed by atoms with van der Waals surface area (Å²) in [6.45, 7) is 11.7. The van der Waals surface area contributed by atoms with Crippen LogP contribution in [0.15, 0.2) is 0 Å². The van der Waals surface area contributed by atoms with Gasteiger partial charge in [-0.05, 0) is 40.0 Å². The van der Waals surface area contributed by atoms with Gasteiger partial charge in [0.25, 0.3) is 0 Å². The van der Waals surface area contributed by atoms with Crippen molar-refractivity contribution in [1.29, 1.82) is 0 Å². The zero-order chi connectivity index (χ0) is 13.8. The van der Waals surface area contributed by atoms with E-state index in [9.17, 15) is 4.79 Å². The van der Waals surface area contributed by atoms with Gasteiger partial charge in [-0.2, -0.15) is 0 Å². The van der Waals surface area contributed by atoms with E-state index >= 15 is 0 Å². The molecule has 1 N–H and O–H groups in total. The lowest BCUT2D eigenvalue weighted by molar-refractivity contribution is 0.00975. The third kappa shape index (κ3) is 5.25. The van der Waals surface area contributed by atoms with Crippen LogP contribution in [0, 0.1) is 0 Å². The summed E-state index contributed by atoms with van der Waals surface area (Å²) in [6, 6.07) is 0.725. The van der Waals surface area contributed by atoms with Gasteiger partial charge in [0.2, 0.25) is 0 Å². The highest BCUT2D eigenvalue weighted by atomic mass is 16.6. The Morgan fingerprint density at radius 2 is 2.06 bits per heavy atom. The molecule has 0 spiro atoms. The molecule has 1 heterocycles. The maximum Gasteiger partial charge on any atom is 0.410 e. The molecule has 0 aromatic heterocycles. The van der Waals surface area contributed by atoms with E-state index in [4.69, 9.17) is 4.74 Å². The molecule has 106 valence electrons. The van der Waals surface area contributed by atoms with Gasteiger partial charge >= 0.3 is 6.09 Å². The zero-order valence-corrected chi connectivity index (χ0v) is 12.5. The van der Waals surface area contributed by atoms with E-state index in [0.29, 0.717) is 6.04 Å². The Hall–Kier alpha value is -0.770. The summed E-state index contributed by atoms with van der Waals surface area (Å²) >= 11 is 0. The van der Waals surface area contributed by atoms with E-state index in [0.717, 1.165) is 25.9 Å². The number of amides is 1. The average molecular weight is 256 g/mol. The number of rotatable bonds is 3. The Labute approximate surface area is 111 Å². The Morgan fingerprint density at radius 1 is 1.39 bits per heavy atom. The fourth-order valence-corrected chi connectivity index (χ4v) is 2.15. The van der Waals surface area contributed by atoms with Crippen molar-refractivity contribution >= 4 is 6.09 Å². The molecule has 0 saturated carbocycles. The van der Waals surface area contributed by atoms with Crippen LogP contribution < -0.4 is 5.32 Å². The molecule has 4 nitrogen and oxygen atoms in total. The molecular formula is C14H28N2O2. The van der Waals surface area contributed by atoms with E-state index < -0.39 is 5.60 Å². The molecule has 0 aromatic carbocycles. The van der Waals surface area contributed by atoms with Crippen molar-refractivity contribution < 1.29 is 9.53 Å². The van der Waals surface area contributed by atoms with Crippen LogP contribution in [0.1, 0.15) is 53.9 Å². The number of ether oxygens (including phenoxy) is 1. The van der Waals surface area contributed by atoms with E-state index in [1.807, 2.05) is 25.7 Å². The second-order valence-corrected chi connectivity index (χ2v) is 6.39. The van der Waals surface area contributed by atoms with Crippen molar-refractivity contribution in [2.75, 3.05) is 13.1 Å². The molecule has 0 bridgehead atoms. The summed E-state index contributed by atoms with van der Waals surface area (Å²) in [6.07, 6.45) is 3.18. The van der Waals surface area contributed by atoms with Crippen LogP contribution in [0.25, 0.3) is 0 Å². The lowest BCUT2D eigenvalue weighted by Crippen LogP contribution is -2.50. The second-order valence-electron chi connectivity index (χ2n) is 6.39. The van der Waals surface area contributed by atoms with Crippen LogP contribution in [0.5, 0.6) is 0 Å². The summed E-state index contributed by atoms with van der Waals surface area (Å²) in [7, 11) is 0. The summed E-state index contributed by atoms with van der Waals surface area (Å²) in [5.41, 5.74) is -0.412. The van der Waals surface area contributed by atoms with Gasteiger partial charge in [0.15, 0.2) is 0 Å². The molecular weight excluding hydrogens is 228 g/mol. The van der Waals surface area contributed by atoms with Crippen LogP contribution in [0.2, 0.25) is 0 Å². The van der Waals surface area contributed by atoms with Crippen molar-refractivity contribution in [3.05, 3.63) is 0 Å². The first-order valence-corrected chi connectivity index (χ1v) is 7.02. The Morgan fingerprint density at radius 3 is 2.61 bits per heavy atom. The third-order valence-corrected chi connectivity index (χ3v) is 3.02. The van der Waals surface area contributed by atoms with Gasteiger partial charge in [-0.25, -0.2) is 4.79 Å². The molecule has 0 aromatic rings. The number of hydrogen-bond acceptors (Lipinski definition) is 3. The highest BCUT2D eigenvalue weighted by Gasteiger charge is 2.30. The number of carbonyl (C=O) groups is 1. The maximum absolute atomic E-state index is 12.1. The van der Waals surface area contributed by atoms with Crippen molar-refractivity contribution in [3.8, 4) is 0 Å². The average Bonchev–Trinajstić information content (AvgIpc) is 2.24. The van der Waals surface area contributed by atoms with Crippen LogP contribution in [0.3, 0.4) is 0 Å². The fraction of sp³-hybridized carbons (Fsp3) is 0.929. The summed E-state index contributed by atoms with van der Waals surface area (Å²) < 4.78 is 5.47. The first-order valence-electron chi connectivity index (χ1n) is 7.02. The molecule has 1 saturated heterocycles. The molecule has 0 aliphatic carbocycles. The molecule has 1 aliphatic rings. The smallest absolute Gasteiger partial charge is 0.410 e. The van der Waals surface area contributed by atoms with Gasteiger partial charge in [0.05, 0.1) is 0 Å². The number of likely N-dealkylation sites (tertiary alicyclic amines) is 1. The van der Waals surface area contributed by atoms with E-state index in [2.05, 4.69) is 19.2 Å². The fourth-order valence-electron chi connectivity index (χ4n) is 2.15. The minimum Gasteiger partial charge on any atom is -0.444 e. The monoisotopic (exact) mass is 256 g/mol. The molecule has 4 heteroatoms. The summed E-state index contributed by atoms with van der Waals surface area (Å²) in [5.74, 6) is 0. The van der Waals surface area contributed by atoms with Gasteiger partial charge in [0.1, 0.15) is 5.60 Å². The van der Waals surface area contributed by atoms with E-state index in [1.165, 1.54) is 6.42 Å². The molecule has 1 amide bonds. The van der Waals surface area contributed by atoms with Gasteiger partial charge in [-0.1, -0.05) is 13.8 Å². The van der Waals surface area contributed by atoms with Crippen molar-refractivity contribution in [2.24, 2.45) is 0 Å². The molecule has 0 radical (unpaired) electrons. The van der Waals surface area contributed by atoms with Gasteiger partial charge in [-0.15, -0.1) is 0 Å². The van der Waals surface area contributed by atoms with Crippen LogP contribution >= 0.6 is 0 Å². The second kappa shape index (κ2) is 6.41. The Balaban J connectivity index is 2.55. The first kappa shape index (κ1) is 15.3. The van der Waals surface area contributed by atoms with Gasteiger partial charge in [0, 0.05) is 25.2 Å². The standard InChI is InChI=1S/C14H28N2O2/c1-11(2)15-10-12-8-6-7-9-16(12)13(17)18-14(3,4)5/h11-12,15H,6-10H2,1-5H3/t12-/m1/s1. The van der Waals surface area contributed by atoms with Crippen molar-refractivity contribution in [3.63, 3.8) is 0 Å². The minimum atomic E-state index is -0.412. The number of piperidine rings is 1. The van der Waals surface area contributed by atoms with Crippen molar-refractivity contribution in [2.45, 2.75) is 71.6 Å². The molecule has 1 aliphatic heterocycles. The van der Waals surface area contributed by atoms with Crippen LogP contribution in [-0.2, 0) is 4.74 Å². The van der Waals surface area contributed by atoms with Crippen LogP contribution in [-0.4, -0.2) is 41.8 Å². The molecule has 1 rings (SSSR count). The SMILES string of the molecule is CC(C)NC[C@H]1CCCCN1C(=O)OC(C)(C)C. The highest BCUT2D eigenvalue weighted by molar-refractivity contribution is 5.68. The molecule has 18 heavy (non-hydrogen) atoms. The van der Waals surface area contributed by atoms with Gasteiger partial charge in [-0.3, -0.25) is 0 Å². The number of hydrogen-bond donors (Lipinski definition) is 1. The van der Waals surface area contributed by atoms with Gasteiger partial charge < -0.3 is 15.0 Å². The highest BCUT2D eigenvalue weighted by Crippen LogP contribution is 2.20. The first-order chi connectivity index (χ1) is 8.29. The minimum absolute atomic E-state index is 0.169. The number of nitrogens with zero attached hydrogens (tertiary/aromatic N) is 1. The Kier molecular flexibility index (Phi) is 5.45. The largest absolute Gasteiger partial charge is 0.444 e. The Bertz CT molecular complexity index is 271. The quantitative estimate of drug-likeness (QED) is 0.844. The molecule has 1 fully saturated rings. The lowest BCUT2D eigenvalue weighted by atomic mass is 10.0. The molecule has 1 atom stereocenters. The third-order valence-electron chi connectivity index (χ3n) is 3.02. The topological polar surface area (TPSA) is 41.6 Å². The van der Waals surface area contributed by atoms with E-state index in [1.54, 1.807) is 0 Å². The molecule has 0 unspecified atom stereocenters. The maximum atomic E-state index is 12.1. The summed E-state index contributed by atoms with van der Waals surface area (Å²) in [4.78, 5) is 14.0. The lowest BCUT2D eigenvalue weighted by Gasteiger charge is -2.37. The summed E-state index contributed by atoms with van der Waals surface area (Å²) in [5, 5.41) is 3.41. The van der Waals surface area contributed by atoms with Crippen LogP contribution in [0.4, 0.5) is 4.79 Å². The normalized spacial score (nSPS) is 21.2. The van der Waals surface area contributed by atoms with Crippen molar-refractivity contribution in [1.82, 2.24) is 10.2 Å². The predicted molar refractivity (Wildman–Crippen MR) is 73.7 cm³/mol. The van der Waals surface area contributed by atoms with E-state index in [-0.39, 0.29) is 12.1 Å². The number of carbonyl (C=O) groups excluding carboxylic acids is 1. The predicted octanol–water partition coefficient (Wildman–Crippen LogP) is 2.77. The number of nitrogens with one attached hydrogen (secondary N) is 1. The zero-order valence-electron chi connectivity index (χ0n) is 12.5.